The Labute approximate surface area is 116 Å². The smallest absolute Gasteiger partial charge is 0.334 e. The Morgan fingerprint density at radius 2 is 1.95 bits per heavy atom. The molecule has 1 saturated carbocycles. The van der Waals surface area contributed by atoms with Crippen molar-refractivity contribution in [2.24, 2.45) is 11.3 Å². The molecule has 4 heteroatoms. The molecule has 2 rings (SSSR count). The number of morpholine rings is 1. The van der Waals surface area contributed by atoms with Gasteiger partial charge in [0.25, 0.3) is 0 Å². The average Bonchev–Trinajstić information content (AvgIpc) is 2.38. The highest BCUT2D eigenvalue weighted by atomic mass is 16.5. The van der Waals surface area contributed by atoms with E-state index >= 15 is 0 Å². The molecule has 2 fully saturated rings. The van der Waals surface area contributed by atoms with Crippen LogP contribution in [0.15, 0.2) is 0 Å². The van der Waals surface area contributed by atoms with Crippen LogP contribution < -0.4 is 0 Å². The van der Waals surface area contributed by atoms with E-state index in [-0.39, 0.29) is 0 Å². The van der Waals surface area contributed by atoms with Crippen molar-refractivity contribution in [3.8, 4) is 0 Å². The van der Waals surface area contributed by atoms with Crippen LogP contribution in [0.5, 0.6) is 0 Å². The fraction of sp³-hybridized carbons (Fsp3) is 0.933. The molecule has 0 aromatic carbocycles. The largest absolute Gasteiger partial charge is 0.479 e. The van der Waals surface area contributed by atoms with E-state index in [1.165, 1.54) is 25.7 Å². The zero-order valence-electron chi connectivity index (χ0n) is 12.4. The molecule has 110 valence electrons. The SMILES string of the molecule is CC(C)(C)C1CCCCC1N1CCOC(C(=O)O)C1. The summed E-state index contributed by atoms with van der Waals surface area (Å²) in [5.41, 5.74) is 0.294. The Balaban J connectivity index is 2.07. The van der Waals surface area contributed by atoms with Gasteiger partial charge in [0.15, 0.2) is 6.10 Å². The summed E-state index contributed by atoms with van der Waals surface area (Å²) >= 11 is 0. The first-order valence-corrected chi connectivity index (χ1v) is 7.48. The van der Waals surface area contributed by atoms with Crippen LogP contribution in [-0.4, -0.2) is 47.8 Å². The highest BCUT2D eigenvalue weighted by Gasteiger charge is 2.39. The normalized spacial score (nSPS) is 34.2. The molecule has 4 nitrogen and oxygen atoms in total. The van der Waals surface area contributed by atoms with Gasteiger partial charge in [-0.25, -0.2) is 4.79 Å². The van der Waals surface area contributed by atoms with Crippen LogP contribution in [0, 0.1) is 11.3 Å². The molecule has 1 heterocycles. The summed E-state index contributed by atoms with van der Waals surface area (Å²) < 4.78 is 5.34. The molecule has 3 unspecified atom stereocenters. The summed E-state index contributed by atoms with van der Waals surface area (Å²) in [6.45, 7) is 8.90. The van der Waals surface area contributed by atoms with E-state index in [4.69, 9.17) is 9.84 Å². The third-order valence-corrected chi connectivity index (χ3v) is 4.68. The van der Waals surface area contributed by atoms with Crippen LogP contribution in [0.3, 0.4) is 0 Å². The minimum Gasteiger partial charge on any atom is -0.479 e. The third-order valence-electron chi connectivity index (χ3n) is 4.68. The molecule has 0 radical (unpaired) electrons. The molecule has 0 amide bonds. The lowest BCUT2D eigenvalue weighted by atomic mass is 9.69. The maximum atomic E-state index is 11.1. The predicted octanol–water partition coefficient (Wildman–Crippen LogP) is 2.38. The summed E-state index contributed by atoms with van der Waals surface area (Å²) in [6, 6.07) is 0.527. The first-order chi connectivity index (χ1) is 8.89. The van der Waals surface area contributed by atoms with Gasteiger partial charge in [-0.15, -0.1) is 0 Å². The maximum Gasteiger partial charge on any atom is 0.334 e. The monoisotopic (exact) mass is 269 g/mol. The van der Waals surface area contributed by atoms with E-state index in [9.17, 15) is 4.79 Å². The second kappa shape index (κ2) is 5.80. The summed E-state index contributed by atoms with van der Waals surface area (Å²) in [5.74, 6) is -0.165. The third kappa shape index (κ3) is 3.48. The number of rotatable bonds is 2. The van der Waals surface area contributed by atoms with Crippen molar-refractivity contribution in [3.63, 3.8) is 0 Å². The van der Waals surface area contributed by atoms with E-state index < -0.39 is 12.1 Å². The fourth-order valence-corrected chi connectivity index (χ4v) is 3.68. The van der Waals surface area contributed by atoms with Gasteiger partial charge in [-0.3, -0.25) is 4.90 Å². The molecule has 0 bridgehead atoms. The van der Waals surface area contributed by atoms with Crippen LogP contribution in [0.25, 0.3) is 0 Å². The zero-order valence-corrected chi connectivity index (χ0v) is 12.4. The summed E-state index contributed by atoms with van der Waals surface area (Å²) in [5, 5.41) is 9.13. The standard InChI is InChI=1S/C15H27NO3/c1-15(2,3)11-6-4-5-7-12(11)16-8-9-19-13(10-16)14(17)18/h11-13H,4-10H2,1-3H3,(H,17,18). The number of hydrogen-bond donors (Lipinski definition) is 1. The molecule has 2 aliphatic rings. The van der Waals surface area contributed by atoms with Gasteiger partial charge in [0.1, 0.15) is 0 Å². The molecular weight excluding hydrogens is 242 g/mol. The Hall–Kier alpha value is -0.610. The lowest BCUT2D eigenvalue weighted by molar-refractivity contribution is -0.158. The number of carboxylic acid groups (broad SMARTS) is 1. The summed E-state index contributed by atoms with van der Waals surface area (Å²) in [4.78, 5) is 13.5. The first kappa shape index (κ1) is 14.8. The highest BCUT2D eigenvalue weighted by molar-refractivity contribution is 5.72. The number of hydrogen-bond acceptors (Lipinski definition) is 3. The molecular formula is C15H27NO3. The van der Waals surface area contributed by atoms with Crippen LogP contribution in [0.4, 0.5) is 0 Å². The molecule has 1 aliphatic heterocycles. The predicted molar refractivity (Wildman–Crippen MR) is 74.1 cm³/mol. The highest BCUT2D eigenvalue weighted by Crippen LogP contribution is 2.40. The van der Waals surface area contributed by atoms with Gasteiger partial charge in [0.05, 0.1) is 6.61 Å². The van der Waals surface area contributed by atoms with E-state index in [1.807, 2.05) is 0 Å². The van der Waals surface area contributed by atoms with Crippen molar-refractivity contribution < 1.29 is 14.6 Å². The van der Waals surface area contributed by atoms with Gasteiger partial charge in [-0.1, -0.05) is 33.6 Å². The van der Waals surface area contributed by atoms with Crippen LogP contribution in [0.1, 0.15) is 46.5 Å². The van der Waals surface area contributed by atoms with Gasteiger partial charge in [0.2, 0.25) is 0 Å². The molecule has 1 aliphatic carbocycles. The minimum absolute atomic E-state index is 0.294. The van der Waals surface area contributed by atoms with Crippen molar-refractivity contribution in [1.29, 1.82) is 0 Å². The number of nitrogens with zero attached hydrogens (tertiary/aromatic N) is 1. The van der Waals surface area contributed by atoms with Crippen LogP contribution in [-0.2, 0) is 9.53 Å². The first-order valence-electron chi connectivity index (χ1n) is 7.48. The topological polar surface area (TPSA) is 49.8 Å². The van der Waals surface area contributed by atoms with E-state index in [1.54, 1.807) is 0 Å². The van der Waals surface area contributed by atoms with Gasteiger partial charge in [-0.05, 0) is 24.2 Å². The Kier molecular flexibility index (Phi) is 4.51. The molecule has 0 aromatic rings. The van der Waals surface area contributed by atoms with E-state index in [0.29, 0.717) is 30.5 Å². The fourth-order valence-electron chi connectivity index (χ4n) is 3.68. The van der Waals surface area contributed by atoms with Crippen molar-refractivity contribution >= 4 is 5.97 Å². The summed E-state index contributed by atoms with van der Waals surface area (Å²) in [6.07, 6.45) is 4.41. The second-order valence-corrected chi connectivity index (χ2v) is 7.02. The molecule has 1 N–H and O–H groups in total. The number of aliphatic carboxylic acids is 1. The number of ether oxygens (including phenoxy) is 1. The van der Waals surface area contributed by atoms with Crippen molar-refractivity contribution in [1.82, 2.24) is 4.90 Å². The Morgan fingerprint density at radius 3 is 2.58 bits per heavy atom. The van der Waals surface area contributed by atoms with Crippen LogP contribution in [0.2, 0.25) is 0 Å². The summed E-state index contributed by atoms with van der Waals surface area (Å²) in [7, 11) is 0. The maximum absolute atomic E-state index is 11.1. The molecule has 1 saturated heterocycles. The zero-order chi connectivity index (χ0) is 14.0. The Bertz CT molecular complexity index is 324. The molecule has 0 aromatic heterocycles. The average molecular weight is 269 g/mol. The van der Waals surface area contributed by atoms with Crippen molar-refractivity contribution in [3.05, 3.63) is 0 Å². The van der Waals surface area contributed by atoms with Gasteiger partial charge >= 0.3 is 5.97 Å². The Morgan fingerprint density at radius 1 is 1.26 bits per heavy atom. The molecule has 19 heavy (non-hydrogen) atoms. The number of carboxylic acids is 1. The van der Waals surface area contributed by atoms with E-state index in [0.717, 1.165) is 6.54 Å². The quantitative estimate of drug-likeness (QED) is 0.836. The van der Waals surface area contributed by atoms with Crippen molar-refractivity contribution in [2.45, 2.75) is 58.6 Å². The minimum atomic E-state index is -0.826. The second-order valence-electron chi connectivity index (χ2n) is 7.02. The van der Waals surface area contributed by atoms with Gasteiger partial charge in [-0.2, -0.15) is 0 Å². The lowest BCUT2D eigenvalue weighted by Crippen LogP contribution is -2.54. The van der Waals surface area contributed by atoms with Crippen molar-refractivity contribution in [2.75, 3.05) is 19.7 Å². The molecule has 0 spiro atoms. The molecule has 3 atom stereocenters. The van der Waals surface area contributed by atoms with Gasteiger partial charge < -0.3 is 9.84 Å². The van der Waals surface area contributed by atoms with Gasteiger partial charge in [0, 0.05) is 19.1 Å². The lowest BCUT2D eigenvalue weighted by Gasteiger charge is -2.47. The van der Waals surface area contributed by atoms with E-state index in [2.05, 4.69) is 25.7 Å². The number of carbonyl (C=O) groups is 1. The van der Waals surface area contributed by atoms with Crippen LogP contribution >= 0.6 is 0 Å².